The Morgan fingerprint density at radius 2 is 2.00 bits per heavy atom. The first-order chi connectivity index (χ1) is 10.8. The topological polar surface area (TPSA) is 123 Å². The van der Waals surface area contributed by atoms with Crippen molar-refractivity contribution in [2.45, 2.75) is 36.1 Å². The van der Waals surface area contributed by atoms with E-state index in [-0.39, 0.29) is 10.9 Å². The fraction of sp³-hybridized carbons (Fsp3) is 0.400. The van der Waals surface area contributed by atoms with Crippen LogP contribution in [-0.2, 0) is 15.5 Å². The molecule has 0 spiro atoms. The lowest BCUT2D eigenvalue weighted by atomic mass is 9.90. The van der Waals surface area contributed by atoms with Crippen molar-refractivity contribution in [1.29, 1.82) is 0 Å². The SMILES string of the molecule is CC(C)S(=O)(=O)c1ccccc1C1(N)N=C(N)NC2=C1CCN2. The van der Waals surface area contributed by atoms with Gasteiger partial charge in [0.05, 0.1) is 10.1 Å². The van der Waals surface area contributed by atoms with Crippen LogP contribution in [0.5, 0.6) is 0 Å². The Bertz CT molecular complexity index is 813. The average Bonchev–Trinajstić information content (AvgIpc) is 2.96. The summed E-state index contributed by atoms with van der Waals surface area (Å²) in [6.45, 7) is 4.01. The van der Waals surface area contributed by atoms with Crippen molar-refractivity contribution in [3.8, 4) is 0 Å². The molecule has 2 aliphatic rings. The summed E-state index contributed by atoms with van der Waals surface area (Å²) in [5, 5.41) is 5.57. The van der Waals surface area contributed by atoms with Gasteiger partial charge in [0, 0.05) is 17.7 Å². The number of benzene rings is 1. The number of guanidine groups is 1. The maximum absolute atomic E-state index is 12.7. The fourth-order valence-electron chi connectivity index (χ4n) is 2.96. The van der Waals surface area contributed by atoms with Gasteiger partial charge in [-0.2, -0.15) is 0 Å². The quantitative estimate of drug-likeness (QED) is 0.621. The highest BCUT2D eigenvalue weighted by molar-refractivity contribution is 7.92. The molecule has 3 rings (SSSR count). The number of hydrogen-bond donors (Lipinski definition) is 4. The van der Waals surface area contributed by atoms with Crippen molar-refractivity contribution in [2.24, 2.45) is 16.5 Å². The Kier molecular flexibility index (Phi) is 3.61. The molecule has 124 valence electrons. The number of rotatable bonds is 3. The van der Waals surface area contributed by atoms with Crippen molar-refractivity contribution in [3.63, 3.8) is 0 Å². The van der Waals surface area contributed by atoms with Crippen molar-refractivity contribution in [1.82, 2.24) is 10.6 Å². The van der Waals surface area contributed by atoms with Crippen molar-refractivity contribution in [2.75, 3.05) is 6.54 Å². The molecule has 0 radical (unpaired) electrons. The van der Waals surface area contributed by atoms with Gasteiger partial charge in [-0.15, -0.1) is 0 Å². The molecule has 1 atom stereocenters. The van der Waals surface area contributed by atoms with E-state index in [2.05, 4.69) is 15.6 Å². The summed E-state index contributed by atoms with van der Waals surface area (Å²) in [4.78, 5) is 4.56. The maximum atomic E-state index is 12.7. The molecule has 1 unspecified atom stereocenters. The lowest BCUT2D eigenvalue weighted by Crippen LogP contribution is -2.49. The molecule has 1 aromatic carbocycles. The predicted octanol–water partition coefficient (Wildman–Crippen LogP) is 0.103. The number of sulfone groups is 1. The Labute approximate surface area is 135 Å². The first-order valence-corrected chi connectivity index (χ1v) is 9.03. The van der Waals surface area contributed by atoms with E-state index in [0.717, 1.165) is 11.4 Å². The van der Waals surface area contributed by atoms with E-state index in [1.807, 2.05) is 0 Å². The number of hydrogen-bond acceptors (Lipinski definition) is 7. The summed E-state index contributed by atoms with van der Waals surface area (Å²) in [7, 11) is -3.49. The summed E-state index contributed by atoms with van der Waals surface area (Å²) in [5.74, 6) is 0.883. The highest BCUT2D eigenvalue weighted by Gasteiger charge is 2.42. The molecule has 2 aliphatic heterocycles. The lowest BCUT2D eigenvalue weighted by Gasteiger charge is -2.33. The number of nitrogens with two attached hydrogens (primary N) is 2. The fourth-order valence-corrected chi connectivity index (χ4v) is 4.27. The van der Waals surface area contributed by atoms with Crippen LogP contribution in [-0.4, -0.2) is 26.2 Å². The first kappa shape index (κ1) is 15.8. The molecule has 0 aliphatic carbocycles. The van der Waals surface area contributed by atoms with Gasteiger partial charge in [0.15, 0.2) is 21.5 Å². The smallest absolute Gasteiger partial charge is 0.196 e. The van der Waals surface area contributed by atoms with E-state index < -0.39 is 20.8 Å². The Hall–Kier alpha value is -2.06. The highest BCUT2D eigenvalue weighted by atomic mass is 32.2. The van der Waals surface area contributed by atoms with Crippen molar-refractivity contribution in [3.05, 3.63) is 41.2 Å². The molecular formula is C15H21N5O2S. The van der Waals surface area contributed by atoms with Crippen LogP contribution in [0.3, 0.4) is 0 Å². The number of nitrogens with zero attached hydrogens (tertiary/aromatic N) is 1. The Morgan fingerprint density at radius 3 is 2.70 bits per heavy atom. The zero-order valence-electron chi connectivity index (χ0n) is 13.1. The molecule has 0 saturated heterocycles. The summed E-state index contributed by atoms with van der Waals surface area (Å²) >= 11 is 0. The molecule has 0 saturated carbocycles. The molecular weight excluding hydrogens is 314 g/mol. The standard InChI is InChI=1S/C15H21N5O2S/c1-9(2)23(21,22)12-6-4-3-5-10(12)15(17)11-7-8-18-13(11)19-14(16)20-15/h3-6,9,18H,7-8,17H2,1-2H3,(H3,16,19,20). The Morgan fingerprint density at radius 1 is 1.30 bits per heavy atom. The number of aliphatic imine (C=N–C) groups is 1. The van der Waals surface area contributed by atoms with Gasteiger partial charge in [-0.25, -0.2) is 13.4 Å². The van der Waals surface area contributed by atoms with E-state index >= 15 is 0 Å². The predicted molar refractivity (Wildman–Crippen MR) is 89.0 cm³/mol. The second kappa shape index (κ2) is 5.24. The lowest BCUT2D eigenvalue weighted by molar-refractivity contribution is 0.510. The van der Waals surface area contributed by atoms with Gasteiger partial charge in [0.1, 0.15) is 5.82 Å². The summed E-state index contributed by atoms with van der Waals surface area (Å²) in [6.07, 6.45) is 0.672. The van der Waals surface area contributed by atoms with Crippen LogP contribution in [0.15, 0.2) is 45.5 Å². The summed E-state index contributed by atoms with van der Waals surface area (Å²) < 4.78 is 25.5. The van der Waals surface area contributed by atoms with Gasteiger partial charge in [-0.05, 0) is 26.3 Å². The molecule has 0 amide bonds. The van der Waals surface area contributed by atoms with Gasteiger partial charge < -0.3 is 16.4 Å². The molecule has 0 aromatic heterocycles. The third-order valence-electron chi connectivity index (χ3n) is 4.21. The molecule has 23 heavy (non-hydrogen) atoms. The minimum Gasteiger partial charge on any atom is -0.371 e. The van der Waals surface area contributed by atoms with Gasteiger partial charge in [-0.1, -0.05) is 18.2 Å². The van der Waals surface area contributed by atoms with Crippen LogP contribution < -0.4 is 22.1 Å². The third-order valence-corrected chi connectivity index (χ3v) is 6.42. The molecule has 6 N–H and O–H groups in total. The molecule has 2 heterocycles. The summed E-state index contributed by atoms with van der Waals surface area (Å²) in [6, 6.07) is 6.74. The van der Waals surface area contributed by atoms with E-state index in [1.54, 1.807) is 38.1 Å². The van der Waals surface area contributed by atoms with Crippen molar-refractivity contribution < 1.29 is 8.42 Å². The van der Waals surface area contributed by atoms with E-state index in [1.165, 1.54) is 0 Å². The molecule has 0 bridgehead atoms. The zero-order valence-corrected chi connectivity index (χ0v) is 13.9. The first-order valence-electron chi connectivity index (χ1n) is 7.49. The normalized spacial score (nSPS) is 24.1. The van der Waals surface area contributed by atoms with Crippen LogP contribution in [0, 0.1) is 0 Å². The van der Waals surface area contributed by atoms with Gasteiger partial charge in [0.2, 0.25) is 0 Å². The Balaban J connectivity index is 2.25. The van der Waals surface area contributed by atoms with E-state index in [9.17, 15) is 8.42 Å². The minimum absolute atomic E-state index is 0.164. The molecule has 8 heteroatoms. The second-order valence-electron chi connectivity index (χ2n) is 6.01. The van der Waals surface area contributed by atoms with Crippen LogP contribution in [0.4, 0.5) is 0 Å². The largest absolute Gasteiger partial charge is 0.371 e. The average molecular weight is 335 g/mol. The molecule has 1 aromatic rings. The molecule has 0 fully saturated rings. The summed E-state index contributed by atoms with van der Waals surface area (Å²) in [5.41, 5.74) is 12.4. The van der Waals surface area contributed by atoms with Crippen LogP contribution >= 0.6 is 0 Å². The van der Waals surface area contributed by atoms with E-state index in [0.29, 0.717) is 18.5 Å². The zero-order chi connectivity index (χ0) is 16.8. The third kappa shape index (κ3) is 2.38. The van der Waals surface area contributed by atoms with Crippen LogP contribution in [0.25, 0.3) is 0 Å². The van der Waals surface area contributed by atoms with E-state index in [4.69, 9.17) is 11.5 Å². The van der Waals surface area contributed by atoms with Gasteiger partial charge >= 0.3 is 0 Å². The monoisotopic (exact) mass is 335 g/mol. The van der Waals surface area contributed by atoms with Gasteiger partial charge in [-0.3, -0.25) is 5.73 Å². The van der Waals surface area contributed by atoms with Crippen LogP contribution in [0.2, 0.25) is 0 Å². The van der Waals surface area contributed by atoms with Crippen molar-refractivity contribution >= 4 is 15.8 Å². The van der Waals surface area contributed by atoms with Gasteiger partial charge in [0.25, 0.3) is 0 Å². The molecule has 7 nitrogen and oxygen atoms in total. The number of nitrogens with one attached hydrogen (secondary N) is 2. The maximum Gasteiger partial charge on any atom is 0.196 e. The highest BCUT2D eigenvalue weighted by Crippen LogP contribution is 2.39. The second-order valence-corrected chi connectivity index (χ2v) is 8.48. The minimum atomic E-state index is -3.49. The van der Waals surface area contributed by atoms with Crippen LogP contribution in [0.1, 0.15) is 25.8 Å².